The molecule has 0 aliphatic heterocycles. The van der Waals surface area contributed by atoms with Gasteiger partial charge in [-0.2, -0.15) is 0 Å². The van der Waals surface area contributed by atoms with E-state index in [1.165, 1.54) is 12.1 Å². The Balaban J connectivity index is 1.72. The van der Waals surface area contributed by atoms with Crippen LogP contribution in [0.2, 0.25) is 0 Å². The first kappa shape index (κ1) is 27.0. The number of ether oxygens (including phenoxy) is 1. The van der Waals surface area contributed by atoms with E-state index in [1.54, 1.807) is 49.5 Å². The molecule has 4 N–H and O–H groups in total. The highest BCUT2D eigenvalue weighted by Crippen LogP contribution is 2.30. The third-order valence-electron chi connectivity index (χ3n) is 5.27. The third kappa shape index (κ3) is 7.20. The fraction of sp³-hybridized carbons (Fsp3) is 0.148. The van der Waals surface area contributed by atoms with Gasteiger partial charge < -0.3 is 21.1 Å². The molecule has 0 radical (unpaired) electrons. The molecule has 0 aliphatic carbocycles. The molecule has 3 aromatic carbocycles. The summed E-state index contributed by atoms with van der Waals surface area (Å²) < 4.78 is 40.8. The second-order valence-electron chi connectivity index (χ2n) is 7.95. The molecule has 0 aromatic heterocycles. The molecule has 1 unspecified atom stereocenters. The minimum absolute atomic E-state index is 0.165. The predicted molar refractivity (Wildman–Crippen MR) is 137 cm³/mol. The van der Waals surface area contributed by atoms with E-state index in [4.69, 9.17) is 5.73 Å². The number of alkyl halides is 3. The highest BCUT2D eigenvalue weighted by atomic mass is 19.4. The van der Waals surface area contributed by atoms with Crippen LogP contribution in [0.4, 0.5) is 24.5 Å². The van der Waals surface area contributed by atoms with Crippen LogP contribution in [0.15, 0.2) is 78.3 Å². The molecule has 0 saturated heterocycles. The van der Waals surface area contributed by atoms with E-state index >= 15 is 0 Å². The van der Waals surface area contributed by atoms with Gasteiger partial charge in [-0.1, -0.05) is 30.8 Å². The number of rotatable bonds is 9. The predicted octanol–water partition coefficient (Wildman–Crippen LogP) is 5.98. The fourth-order valence-corrected chi connectivity index (χ4v) is 3.57. The van der Waals surface area contributed by atoms with Crippen LogP contribution < -0.4 is 21.1 Å². The molecule has 1 atom stereocenters. The number of carbonyl (C=O) groups excluding carboxylic acids is 2. The highest BCUT2D eigenvalue weighted by molar-refractivity contribution is 6.04. The Kier molecular flexibility index (Phi) is 8.33. The summed E-state index contributed by atoms with van der Waals surface area (Å²) in [7, 11) is 0. The minimum atomic E-state index is -4.81. The van der Waals surface area contributed by atoms with E-state index in [9.17, 15) is 22.8 Å². The van der Waals surface area contributed by atoms with Crippen LogP contribution >= 0.6 is 0 Å². The number of nitrogens with two attached hydrogens (primary N) is 1. The van der Waals surface area contributed by atoms with E-state index in [-0.39, 0.29) is 17.2 Å². The Labute approximate surface area is 211 Å². The number of halogens is 3. The van der Waals surface area contributed by atoms with Gasteiger partial charge in [0.05, 0.1) is 11.3 Å². The van der Waals surface area contributed by atoms with Crippen molar-refractivity contribution in [1.82, 2.24) is 5.32 Å². The molecule has 0 spiro atoms. The Morgan fingerprint density at radius 3 is 2.32 bits per heavy atom. The zero-order valence-electron chi connectivity index (χ0n) is 20.1. The normalized spacial score (nSPS) is 12.1. The lowest BCUT2D eigenvalue weighted by Crippen LogP contribution is -2.18. The second-order valence-corrected chi connectivity index (χ2v) is 7.95. The summed E-state index contributed by atoms with van der Waals surface area (Å²) in [5.74, 6) is -1.51. The Bertz CT molecular complexity index is 1340. The molecule has 192 valence electrons. The van der Waals surface area contributed by atoms with Gasteiger partial charge in [-0.25, -0.2) is 0 Å². The Hall–Kier alpha value is -4.60. The number of carbonyl (C=O) groups is 2. The molecular formula is C27H25F3N4O3. The van der Waals surface area contributed by atoms with Gasteiger partial charge in [0.2, 0.25) is 0 Å². The number of nitrogens with one attached hydrogen (secondary N) is 2. The number of hydrogen-bond donors (Lipinski definition) is 3. The number of nitrogens with zero attached hydrogens (tertiary/aromatic N) is 1. The lowest BCUT2D eigenvalue weighted by atomic mass is 10.0. The lowest BCUT2D eigenvalue weighted by molar-refractivity contribution is -0.274. The molecule has 0 aliphatic rings. The van der Waals surface area contributed by atoms with Crippen molar-refractivity contribution in [2.45, 2.75) is 26.3 Å². The van der Waals surface area contributed by atoms with E-state index in [0.717, 1.165) is 17.7 Å². The van der Waals surface area contributed by atoms with Gasteiger partial charge in [0, 0.05) is 34.8 Å². The van der Waals surface area contributed by atoms with Crippen LogP contribution in [-0.4, -0.2) is 24.4 Å². The maximum absolute atomic E-state index is 12.6. The first-order chi connectivity index (χ1) is 17.5. The molecule has 37 heavy (non-hydrogen) atoms. The van der Waals surface area contributed by atoms with Crippen molar-refractivity contribution in [2.24, 2.45) is 10.7 Å². The van der Waals surface area contributed by atoms with E-state index in [0.29, 0.717) is 22.6 Å². The maximum atomic E-state index is 12.6. The number of aliphatic imine (C=N–C) groups is 1. The summed E-state index contributed by atoms with van der Waals surface area (Å²) in [5.41, 5.74) is 8.78. The number of primary amides is 1. The average Bonchev–Trinajstić information content (AvgIpc) is 2.83. The summed E-state index contributed by atoms with van der Waals surface area (Å²) in [4.78, 5) is 28.7. The number of benzene rings is 3. The summed E-state index contributed by atoms with van der Waals surface area (Å²) in [6.07, 6.45) is -3.25. The summed E-state index contributed by atoms with van der Waals surface area (Å²) in [6, 6.07) is 16.5. The number of anilines is 1. The van der Waals surface area contributed by atoms with Crippen LogP contribution in [0.25, 0.3) is 5.70 Å². The van der Waals surface area contributed by atoms with Crippen molar-refractivity contribution in [3.05, 3.63) is 95.6 Å². The number of amides is 2. The SMILES string of the molecule is C=C(NC(C)c1cccc(NC(=O)c2ccc(OC(F)(F)F)cc2)c1)c1cccc(C(N)=O)c1N=CC. The third-order valence-corrected chi connectivity index (χ3v) is 5.27. The average molecular weight is 511 g/mol. The maximum Gasteiger partial charge on any atom is 0.573 e. The van der Waals surface area contributed by atoms with E-state index in [2.05, 4.69) is 26.9 Å². The quantitative estimate of drug-likeness (QED) is 0.308. The van der Waals surface area contributed by atoms with E-state index < -0.39 is 23.9 Å². The van der Waals surface area contributed by atoms with Gasteiger partial charge in [0.1, 0.15) is 5.75 Å². The highest BCUT2D eigenvalue weighted by Gasteiger charge is 2.31. The lowest BCUT2D eigenvalue weighted by Gasteiger charge is -2.20. The fourth-order valence-electron chi connectivity index (χ4n) is 3.57. The van der Waals surface area contributed by atoms with Crippen molar-refractivity contribution >= 4 is 35.1 Å². The molecule has 0 heterocycles. The zero-order valence-corrected chi connectivity index (χ0v) is 20.1. The summed E-state index contributed by atoms with van der Waals surface area (Å²) in [5, 5.41) is 6.00. The molecule has 3 aromatic rings. The van der Waals surface area contributed by atoms with Crippen molar-refractivity contribution in [2.75, 3.05) is 5.32 Å². The number of hydrogen-bond acceptors (Lipinski definition) is 5. The van der Waals surface area contributed by atoms with Gasteiger partial charge in [0.15, 0.2) is 0 Å². The summed E-state index contributed by atoms with van der Waals surface area (Å²) >= 11 is 0. The molecule has 0 bridgehead atoms. The zero-order chi connectivity index (χ0) is 27.2. The standard InChI is InChI=1S/C27H25F3N4O3/c1-4-32-24-22(9-6-10-23(24)25(31)35)17(3)33-16(2)19-7-5-8-20(15-19)34-26(36)18-11-13-21(14-12-18)37-27(28,29)30/h4-16,33H,3H2,1-2H3,(H2,31,35)(H,34,36). The van der Waals surface area contributed by atoms with Crippen LogP contribution in [0, 0.1) is 0 Å². The molecule has 3 rings (SSSR count). The van der Waals surface area contributed by atoms with E-state index in [1.807, 2.05) is 13.0 Å². The minimum Gasteiger partial charge on any atom is -0.406 e. The second kappa shape index (κ2) is 11.4. The van der Waals surface area contributed by atoms with Gasteiger partial charge in [0.25, 0.3) is 11.8 Å². The largest absolute Gasteiger partial charge is 0.573 e. The first-order valence-corrected chi connectivity index (χ1v) is 11.1. The monoisotopic (exact) mass is 510 g/mol. The Morgan fingerprint density at radius 2 is 1.70 bits per heavy atom. The van der Waals surface area contributed by atoms with Crippen LogP contribution in [-0.2, 0) is 0 Å². The molecule has 7 nitrogen and oxygen atoms in total. The molecule has 10 heteroatoms. The van der Waals surface area contributed by atoms with Crippen molar-refractivity contribution < 1.29 is 27.5 Å². The topological polar surface area (TPSA) is 106 Å². The van der Waals surface area contributed by atoms with Gasteiger partial charge in [-0.3, -0.25) is 14.6 Å². The van der Waals surface area contributed by atoms with Crippen molar-refractivity contribution in [3.8, 4) is 5.75 Å². The van der Waals surface area contributed by atoms with Gasteiger partial charge in [-0.15, -0.1) is 13.2 Å². The van der Waals surface area contributed by atoms with Crippen LogP contribution in [0.3, 0.4) is 0 Å². The van der Waals surface area contributed by atoms with Crippen molar-refractivity contribution in [1.29, 1.82) is 0 Å². The molecular weight excluding hydrogens is 485 g/mol. The van der Waals surface area contributed by atoms with Gasteiger partial charge >= 0.3 is 6.36 Å². The molecule has 0 fully saturated rings. The first-order valence-electron chi connectivity index (χ1n) is 11.1. The van der Waals surface area contributed by atoms with Crippen molar-refractivity contribution in [3.63, 3.8) is 0 Å². The smallest absolute Gasteiger partial charge is 0.406 e. The molecule has 2 amide bonds. The Morgan fingerprint density at radius 1 is 1.05 bits per heavy atom. The van der Waals surface area contributed by atoms with Crippen LogP contribution in [0.1, 0.15) is 51.7 Å². The summed E-state index contributed by atoms with van der Waals surface area (Å²) in [6.45, 7) is 7.71. The van der Waals surface area contributed by atoms with Crippen LogP contribution in [0.5, 0.6) is 5.75 Å². The number of para-hydroxylation sites is 1. The molecule has 0 saturated carbocycles. The van der Waals surface area contributed by atoms with Gasteiger partial charge in [-0.05, 0) is 61.9 Å².